The van der Waals surface area contributed by atoms with Crippen LogP contribution in [0.15, 0.2) is 30.5 Å². The molecule has 130 valence electrons. The van der Waals surface area contributed by atoms with Crippen LogP contribution in [0.2, 0.25) is 5.02 Å². The average molecular weight is 357 g/mol. The molecule has 2 aromatic rings. The van der Waals surface area contributed by atoms with Gasteiger partial charge in [0, 0.05) is 43.1 Å². The van der Waals surface area contributed by atoms with Gasteiger partial charge in [0.1, 0.15) is 11.8 Å². The van der Waals surface area contributed by atoms with Gasteiger partial charge in [0.05, 0.1) is 5.56 Å². The molecular weight excluding hydrogens is 336 g/mol. The first-order valence-corrected chi connectivity index (χ1v) is 8.82. The van der Waals surface area contributed by atoms with Crippen LogP contribution in [0.25, 0.3) is 5.69 Å². The summed E-state index contributed by atoms with van der Waals surface area (Å²) in [4.78, 5) is 17.3. The number of piperazine rings is 1. The van der Waals surface area contributed by atoms with Crippen LogP contribution in [0.3, 0.4) is 0 Å². The van der Waals surface area contributed by atoms with Gasteiger partial charge in [-0.1, -0.05) is 18.5 Å². The quantitative estimate of drug-likeness (QED) is 0.849. The number of rotatable bonds is 3. The number of carbonyl (C=O) groups excluding carboxylic acids is 1. The SMILES string of the molecule is CCN1CCN(C(=O)c2c(C#N)ccn2-c2ccc(Cl)cc2C)CC1. The average Bonchev–Trinajstić information content (AvgIpc) is 3.05. The summed E-state index contributed by atoms with van der Waals surface area (Å²) in [6, 6.07) is 9.38. The lowest BCUT2D eigenvalue weighted by molar-refractivity contribution is 0.0635. The molecule has 1 saturated heterocycles. The van der Waals surface area contributed by atoms with E-state index in [0.29, 0.717) is 29.4 Å². The Morgan fingerprint density at radius 3 is 2.56 bits per heavy atom. The van der Waals surface area contributed by atoms with E-state index in [2.05, 4.69) is 17.9 Å². The van der Waals surface area contributed by atoms with Crippen LogP contribution < -0.4 is 0 Å². The van der Waals surface area contributed by atoms with Crippen molar-refractivity contribution < 1.29 is 4.79 Å². The number of halogens is 1. The molecule has 1 aliphatic heterocycles. The topological polar surface area (TPSA) is 52.3 Å². The van der Waals surface area contributed by atoms with Crippen molar-refractivity contribution in [1.82, 2.24) is 14.4 Å². The number of hydrogen-bond donors (Lipinski definition) is 0. The van der Waals surface area contributed by atoms with Gasteiger partial charge in [0.15, 0.2) is 0 Å². The Bertz CT molecular complexity index is 828. The van der Waals surface area contributed by atoms with Crippen molar-refractivity contribution in [3.8, 4) is 11.8 Å². The summed E-state index contributed by atoms with van der Waals surface area (Å²) < 4.78 is 1.80. The molecule has 1 fully saturated rings. The molecule has 1 amide bonds. The number of likely N-dealkylation sites (N-methyl/N-ethyl adjacent to an activating group) is 1. The first kappa shape index (κ1) is 17.5. The van der Waals surface area contributed by atoms with E-state index in [4.69, 9.17) is 11.6 Å². The Kier molecular flexibility index (Phi) is 5.12. The van der Waals surface area contributed by atoms with Crippen molar-refractivity contribution in [1.29, 1.82) is 5.26 Å². The van der Waals surface area contributed by atoms with Crippen molar-refractivity contribution in [2.24, 2.45) is 0 Å². The van der Waals surface area contributed by atoms with Crippen LogP contribution in [0.1, 0.15) is 28.5 Å². The third kappa shape index (κ3) is 3.41. The minimum atomic E-state index is -0.0911. The van der Waals surface area contributed by atoms with Gasteiger partial charge in [-0.3, -0.25) is 4.79 Å². The number of carbonyl (C=O) groups is 1. The summed E-state index contributed by atoms with van der Waals surface area (Å²) in [5.74, 6) is -0.0911. The van der Waals surface area contributed by atoms with Crippen molar-refractivity contribution in [2.75, 3.05) is 32.7 Å². The maximum absolute atomic E-state index is 13.1. The van der Waals surface area contributed by atoms with E-state index in [9.17, 15) is 10.1 Å². The molecule has 0 unspecified atom stereocenters. The van der Waals surface area contributed by atoms with Crippen LogP contribution in [0.4, 0.5) is 0 Å². The fraction of sp³-hybridized carbons (Fsp3) is 0.368. The van der Waals surface area contributed by atoms with Gasteiger partial charge >= 0.3 is 0 Å². The standard InChI is InChI=1S/C19H21ClN4O/c1-3-22-8-10-23(11-9-22)19(25)18-15(13-21)6-7-24(18)17-5-4-16(20)12-14(17)2/h4-7,12H,3,8-11H2,1-2H3. The van der Waals surface area contributed by atoms with E-state index in [1.165, 1.54) is 0 Å². The number of benzene rings is 1. The van der Waals surface area contributed by atoms with Crippen LogP contribution in [-0.2, 0) is 0 Å². The largest absolute Gasteiger partial charge is 0.335 e. The van der Waals surface area contributed by atoms with E-state index in [-0.39, 0.29) is 5.91 Å². The van der Waals surface area contributed by atoms with Gasteiger partial charge in [-0.05, 0) is 43.3 Å². The molecule has 0 radical (unpaired) electrons. The van der Waals surface area contributed by atoms with Gasteiger partial charge in [-0.2, -0.15) is 5.26 Å². The molecular formula is C19H21ClN4O. The predicted octanol–water partition coefficient (Wildman–Crippen LogP) is 3.09. The maximum Gasteiger partial charge on any atom is 0.272 e. The summed E-state index contributed by atoms with van der Waals surface area (Å²) in [6.07, 6.45) is 1.78. The minimum absolute atomic E-state index is 0.0911. The summed E-state index contributed by atoms with van der Waals surface area (Å²) in [5, 5.41) is 10.1. The van der Waals surface area contributed by atoms with Crippen molar-refractivity contribution >= 4 is 17.5 Å². The molecule has 1 aromatic carbocycles. The van der Waals surface area contributed by atoms with Crippen LogP contribution in [-0.4, -0.2) is 53.0 Å². The molecule has 0 aliphatic carbocycles. The highest BCUT2D eigenvalue weighted by Gasteiger charge is 2.26. The molecule has 1 aromatic heterocycles. The van der Waals surface area contributed by atoms with Crippen LogP contribution in [0, 0.1) is 18.3 Å². The van der Waals surface area contributed by atoms with E-state index in [1.54, 1.807) is 22.9 Å². The first-order valence-electron chi connectivity index (χ1n) is 8.44. The third-order valence-electron chi connectivity index (χ3n) is 4.73. The zero-order chi connectivity index (χ0) is 18.0. The Morgan fingerprint density at radius 2 is 1.96 bits per heavy atom. The highest BCUT2D eigenvalue weighted by molar-refractivity contribution is 6.30. The normalized spacial score (nSPS) is 15.2. The molecule has 25 heavy (non-hydrogen) atoms. The number of aromatic nitrogens is 1. The summed E-state index contributed by atoms with van der Waals surface area (Å²) in [7, 11) is 0. The monoisotopic (exact) mass is 356 g/mol. The van der Waals surface area contributed by atoms with E-state index >= 15 is 0 Å². The van der Waals surface area contributed by atoms with Crippen LogP contribution in [0.5, 0.6) is 0 Å². The van der Waals surface area contributed by atoms with Crippen molar-refractivity contribution in [3.05, 3.63) is 52.3 Å². The molecule has 6 heteroatoms. The van der Waals surface area contributed by atoms with Gasteiger partial charge in [-0.15, -0.1) is 0 Å². The number of nitriles is 1. The lowest BCUT2D eigenvalue weighted by atomic mass is 10.1. The highest BCUT2D eigenvalue weighted by atomic mass is 35.5. The van der Waals surface area contributed by atoms with E-state index in [1.807, 2.05) is 24.0 Å². The molecule has 0 atom stereocenters. The Balaban J connectivity index is 1.97. The Labute approximate surface area is 153 Å². The van der Waals surface area contributed by atoms with E-state index < -0.39 is 0 Å². The Hall–Kier alpha value is -2.29. The van der Waals surface area contributed by atoms with Gasteiger partial charge in [0.2, 0.25) is 0 Å². The van der Waals surface area contributed by atoms with Gasteiger partial charge < -0.3 is 14.4 Å². The van der Waals surface area contributed by atoms with Gasteiger partial charge in [0.25, 0.3) is 5.91 Å². The smallest absolute Gasteiger partial charge is 0.272 e. The van der Waals surface area contributed by atoms with E-state index in [0.717, 1.165) is 30.9 Å². The molecule has 0 saturated carbocycles. The second kappa shape index (κ2) is 7.30. The number of hydrogen-bond acceptors (Lipinski definition) is 3. The zero-order valence-corrected chi connectivity index (χ0v) is 15.3. The minimum Gasteiger partial charge on any atom is -0.335 e. The fourth-order valence-electron chi connectivity index (χ4n) is 3.25. The molecule has 0 bridgehead atoms. The Morgan fingerprint density at radius 1 is 1.24 bits per heavy atom. The number of amides is 1. The summed E-state index contributed by atoms with van der Waals surface area (Å²) in [6.45, 7) is 8.16. The molecule has 2 heterocycles. The second-order valence-electron chi connectivity index (χ2n) is 6.22. The third-order valence-corrected chi connectivity index (χ3v) is 4.97. The zero-order valence-electron chi connectivity index (χ0n) is 14.5. The number of nitrogens with zero attached hydrogens (tertiary/aromatic N) is 4. The van der Waals surface area contributed by atoms with Crippen molar-refractivity contribution in [3.63, 3.8) is 0 Å². The molecule has 0 spiro atoms. The fourth-order valence-corrected chi connectivity index (χ4v) is 3.47. The molecule has 0 N–H and O–H groups in total. The lowest BCUT2D eigenvalue weighted by Gasteiger charge is -2.34. The summed E-state index contributed by atoms with van der Waals surface area (Å²) >= 11 is 6.05. The summed E-state index contributed by atoms with van der Waals surface area (Å²) in [5.41, 5.74) is 2.65. The lowest BCUT2D eigenvalue weighted by Crippen LogP contribution is -2.48. The van der Waals surface area contributed by atoms with Crippen LogP contribution >= 0.6 is 11.6 Å². The number of aryl methyl sites for hydroxylation is 1. The second-order valence-corrected chi connectivity index (χ2v) is 6.65. The molecule has 1 aliphatic rings. The maximum atomic E-state index is 13.1. The van der Waals surface area contributed by atoms with Crippen molar-refractivity contribution in [2.45, 2.75) is 13.8 Å². The molecule has 5 nitrogen and oxygen atoms in total. The van der Waals surface area contributed by atoms with Gasteiger partial charge in [-0.25, -0.2) is 0 Å². The first-order chi connectivity index (χ1) is 12.0. The predicted molar refractivity (Wildman–Crippen MR) is 98.2 cm³/mol. The highest BCUT2D eigenvalue weighted by Crippen LogP contribution is 2.24. The molecule has 3 rings (SSSR count).